The fourth-order valence-electron chi connectivity index (χ4n) is 2.23. The van der Waals surface area contributed by atoms with Gasteiger partial charge in [-0.2, -0.15) is 13.2 Å². The molecule has 2 heterocycles. The third-order valence-electron chi connectivity index (χ3n) is 3.19. The van der Waals surface area contributed by atoms with E-state index in [1.54, 1.807) is 28.8 Å². The van der Waals surface area contributed by atoms with E-state index < -0.39 is 11.7 Å². The predicted molar refractivity (Wildman–Crippen MR) is 74.5 cm³/mol. The summed E-state index contributed by atoms with van der Waals surface area (Å²) in [7, 11) is 0. The Hall–Kier alpha value is -2.01. The average molecular weight is 311 g/mol. The summed E-state index contributed by atoms with van der Waals surface area (Å²) in [5.41, 5.74) is 0.689. The fraction of sp³-hybridized carbons (Fsp3) is 0.133. The van der Waals surface area contributed by atoms with E-state index in [0.717, 1.165) is 17.6 Å². The largest absolute Gasteiger partial charge is 0.416 e. The lowest BCUT2D eigenvalue weighted by molar-refractivity contribution is -0.137. The van der Waals surface area contributed by atoms with Crippen LogP contribution in [0.5, 0.6) is 0 Å². The highest BCUT2D eigenvalue weighted by Gasteiger charge is 2.30. The lowest BCUT2D eigenvalue weighted by atomic mass is 10.1. The standard InChI is InChI=1S/C15H10ClF3N2/c16-13-6-2-5-12-9-20-14(21(12)13)8-10-3-1-4-11(7-10)15(17,18)19/h1-7,9H,8H2. The quantitative estimate of drug-likeness (QED) is 0.632. The molecule has 0 saturated heterocycles. The van der Waals surface area contributed by atoms with Crippen molar-refractivity contribution in [2.75, 3.05) is 0 Å². The van der Waals surface area contributed by atoms with Crippen molar-refractivity contribution in [3.63, 3.8) is 0 Å². The lowest BCUT2D eigenvalue weighted by Gasteiger charge is -2.09. The zero-order chi connectivity index (χ0) is 15.0. The van der Waals surface area contributed by atoms with Crippen LogP contribution in [0.4, 0.5) is 13.2 Å². The van der Waals surface area contributed by atoms with Crippen molar-refractivity contribution < 1.29 is 13.2 Å². The molecular formula is C15H10ClF3N2. The average Bonchev–Trinajstić information content (AvgIpc) is 2.83. The summed E-state index contributed by atoms with van der Waals surface area (Å²) in [4.78, 5) is 4.24. The van der Waals surface area contributed by atoms with Gasteiger partial charge in [-0.15, -0.1) is 0 Å². The van der Waals surface area contributed by atoms with E-state index in [0.29, 0.717) is 16.5 Å². The van der Waals surface area contributed by atoms with Crippen LogP contribution in [0.25, 0.3) is 5.52 Å². The van der Waals surface area contributed by atoms with E-state index in [1.807, 2.05) is 6.07 Å². The summed E-state index contributed by atoms with van der Waals surface area (Å²) in [5.74, 6) is 0.606. The number of hydrogen-bond acceptors (Lipinski definition) is 1. The smallest absolute Gasteiger partial charge is 0.287 e. The van der Waals surface area contributed by atoms with Crippen LogP contribution in [-0.2, 0) is 12.6 Å². The maximum atomic E-state index is 12.7. The van der Waals surface area contributed by atoms with Gasteiger partial charge in [-0.3, -0.25) is 4.40 Å². The molecule has 0 spiro atoms. The number of halogens is 4. The Bertz CT molecular complexity index is 793. The molecule has 0 N–H and O–H groups in total. The predicted octanol–water partition coefficient (Wildman–Crippen LogP) is 4.60. The zero-order valence-electron chi connectivity index (χ0n) is 10.7. The highest BCUT2D eigenvalue weighted by Crippen LogP contribution is 2.30. The molecule has 21 heavy (non-hydrogen) atoms. The van der Waals surface area contributed by atoms with Crippen LogP contribution in [0.1, 0.15) is 17.0 Å². The Kier molecular flexibility index (Phi) is 3.37. The molecule has 2 aromatic heterocycles. The normalized spacial score (nSPS) is 12.0. The van der Waals surface area contributed by atoms with Crippen molar-refractivity contribution in [2.24, 2.45) is 0 Å². The second-order valence-corrected chi connectivity index (χ2v) is 5.05. The van der Waals surface area contributed by atoms with Gasteiger partial charge in [-0.05, 0) is 23.8 Å². The van der Waals surface area contributed by atoms with E-state index in [2.05, 4.69) is 4.98 Å². The second-order valence-electron chi connectivity index (χ2n) is 4.66. The topological polar surface area (TPSA) is 17.3 Å². The summed E-state index contributed by atoms with van der Waals surface area (Å²) in [6, 6.07) is 10.6. The van der Waals surface area contributed by atoms with E-state index in [4.69, 9.17) is 11.6 Å². The monoisotopic (exact) mass is 310 g/mol. The number of imidazole rings is 1. The molecule has 0 aliphatic rings. The molecule has 2 nitrogen and oxygen atoms in total. The van der Waals surface area contributed by atoms with Gasteiger partial charge in [0.25, 0.3) is 0 Å². The van der Waals surface area contributed by atoms with E-state index >= 15 is 0 Å². The van der Waals surface area contributed by atoms with Gasteiger partial charge in [0.2, 0.25) is 0 Å². The maximum Gasteiger partial charge on any atom is 0.416 e. The molecule has 0 radical (unpaired) electrons. The van der Waals surface area contributed by atoms with Crippen molar-refractivity contribution in [2.45, 2.75) is 12.6 Å². The molecule has 108 valence electrons. The fourth-order valence-corrected chi connectivity index (χ4v) is 2.50. The first-order valence-electron chi connectivity index (χ1n) is 6.22. The number of fused-ring (bicyclic) bond motifs is 1. The van der Waals surface area contributed by atoms with Gasteiger partial charge in [0, 0.05) is 6.42 Å². The third kappa shape index (κ3) is 2.74. The van der Waals surface area contributed by atoms with Crippen molar-refractivity contribution in [3.8, 4) is 0 Å². The molecule has 0 bridgehead atoms. The summed E-state index contributed by atoms with van der Waals surface area (Å²) in [6.45, 7) is 0. The van der Waals surface area contributed by atoms with Crippen molar-refractivity contribution in [1.82, 2.24) is 9.38 Å². The van der Waals surface area contributed by atoms with E-state index in [9.17, 15) is 13.2 Å². The molecule has 0 amide bonds. The highest BCUT2D eigenvalue weighted by molar-refractivity contribution is 6.29. The first-order valence-corrected chi connectivity index (χ1v) is 6.60. The number of aromatic nitrogens is 2. The summed E-state index contributed by atoms with van der Waals surface area (Å²) >= 11 is 6.12. The number of nitrogens with zero attached hydrogens (tertiary/aromatic N) is 2. The van der Waals surface area contributed by atoms with Crippen LogP contribution < -0.4 is 0 Å². The number of hydrogen-bond donors (Lipinski definition) is 0. The van der Waals surface area contributed by atoms with Gasteiger partial charge in [0.15, 0.2) is 0 Å². The lowest BCUT2D eigenvalue weighted by Crippen LogP contribution is -2.06. The first kappa shape index (κ1) is 13.9. The number of pyridine rings is 1. The van der Waals surface area contributed by atoms with Gasteiger partial charge in [-0.25, -0.2) is 4.98 Å². The van der Waals surface area contributed by atoms with Crippen molar-refractivity contribution in [3.05, 3.63) is 70.8 Å². The number of benzene rings is 1. The summed E-state index contributed by atoms with van der Waals surface area (Å²) in [5, 5.41) is 0.479. The number of rotatable bonds is 2. The first-order chi connectivity index (χ1) is 9.95. The second kappa shape index (κ2) is 5.07. The molecule has 3 rings (SSSR count). The maximum absolute atomic E-state index is 12.7. The van der Waals surface area contributed by atoms with Gasteiger partial charge < -0.3 is 0 Å². The van der Waals surface area contributed by atoms with Crippen LogP contribution in [0.3, 0.4) is 0 Å². The van der Waals surface area contributed by atoms with Crippen LogP contribution in [0, 0.1) is 0 Å². The molecule has 0 aliphatic carbocycles. The Morgan fingerprint density at radius 3 is 2.62 bits per heavy atom. The molecule has 0 aliphatic heterocycles. The minimum absolute atomic E-state index is 0.280. The SMILES string of the molecule is FC(F)(F)c1cccc(Cc2ncc3cccc(Cl)n23)c1. The molecule has 0 unspecified atom stereocenters. The van der Waals surface area contributed by atoms with Crippen LogP contribution in [0.15, 0.2) is 48.7 Å². The molecular weight excluding hydrogens is 301 g/mol. The third-order valence-corrected chi connectivity index (χ3v) is 3.49. The molecule has 0 saturated carbocycles. The highest BCUT2D eigenvalue weighted by atomic mass is 35.5. The molecule has 3 aromatic rings. The Morgan fingerprint density at radius 2 is 1.86 bits per heavy atom. The molecule has 6 heteroatoms. The Labute approximate surface area is 123 Å². The number of alkyl halides is 3. The Balaban J connectivity index is 2.00. The molecule has 0 atom stereocenters. The summed E-state index contributed by atoms with van der Waals surface area (Å²) < 4.78 is 39.9. The minimum Gasteiger partial charge on any atom is -0.287 e. The van der Waals surface area contributed by atoms with Crippen LogP contribution in [0.2, 0.25) is 5.15 Å². The van der Waals surface area contributed by atoms with E-state index in [-0.39, 0.29) is 6.42 Å². The summed E-state index contributed by atoms with van der Waals surface area (Å²) in [6.07, 6.45) is -2.42. The molecule has 1 aromatic carbocycles. The van der Waals surface area contributed by atoms with Gasteiger partial charge in [0.1, 0.15) is 11.0 Å². The van der Waals surface area contributed by atoms with E-state index in [1.165, 1.54) is 6.07 Å². The van der Waals surface area contributed by atoms with Gasteiger partial charge >= 0.3 is 6.18 Å². The minimum atomic E-state index is -4.34. The van der Waals surface area contributed by atoms with Gasteiger partial charge in [0.05, 0.1) is 17.3 Å². The van der Waals surface area contributed by atoms with Crippen molar-refractivity contribution in [1.29, 1.82) is 0 Å². The Morgan fingerprint density at radius 1 is 1.10 bits per heavy atom. The van der Waals surface area contributed by atoms with Crippen LogP contribution in [-0.4, -0.2) is 9.38 Å². The van der Waals surface area contributed by atoms with Gasteiger partial charge in [-0.1, -0.05) is 35.9 Å². The van der Waals surface area contributed by atoms with Crippen molar-refractivity contribution >= 4 is 17.1 Å². The molecule has 0 fully saturated rings. The van der Waals surface area contributed by atoms with Crippen LogP contribution >= 0.6 is 11.6 Å². The zero-order valence-corrected chi connectivity index (χ0v) is 11.5.